The van der Waals surface area contributed by atoms with Crippen molar-refractivity contribution >= 4 is 0 Å². The van der Waals surface area contributed by atoms with Crippen molar-refractivity contribution in [2.24, 2.45) is 0 Å². The van der Waals surface area contributed by atoms with Gasteiger partial charge >= 0.3 is 26.2 Å². The third-order valence-corrected chi connectivity index (χ3v) is 2.81. The normalized spacial score (nSPS) is 7.40. The fourth-order valence-electron chi connectivity index (χ4n) is 1.41. The minimum absolute atomic E-state index is 0. The third-order valence-electron chi connectivity index (χ3n) is 2.81. The van der Waals surface area contributed by atoms with Gasteiger partial charge in [-0.25, -0.2) is 0 Å². The molecule has 1 rings (SSSR count). The molecule has 0 saturated heterocycles. The van der Waals surface area contributed by atoms with Gasteiger partial charge in [0.15, 0.2) is 0 Å². The minimum atomic E-state index is 0. The summed E-state index contributed by atoms with van der Waals surface area (Å²) < 4.78 is 0. The van der Waals surface area contributed by atoms with E-state index >= 15 is 0 Å². The summed E-state index contributed by atoms with van der Waals surface area (Å²) in [5, 5.41) is 7.00. The van der Waals surface area contributed by atoms with Crippen LogP contribution in [-0.4, -0.2) is 12.2 Å². The van der Waals surface area contributed by atoms with Gasteiger partial charge in [0.1, 0.15) is 0 Å². The summed E-state index contributed by atoms with van der Waals surface area (Å²) in [6.07, 6.45) is 0. The first-order valence-corrected chi connectivity index (χ1v) is 4.20. The average Bonchev–Trinajstić information content (AvgIpc) is 2.27. The molecular weight excluding hydrogens is 263 g/mol. The smallest absolute Gasteiger partial charge is 0.400 e. The van der Waals surface area contributed by atoms with Crippen molar-refractivity contribution in [1.29, 1.82) is 0 Å². The summed E-state index contributed by atoms with van der Waals surface area (Å²) in [6, 6.07) is 0. The molecule has 0 aliphatic rings. The van der Waals surface area contributed by atoms with Gasteiger partial charge in [-0.2, -0.15) is 27.8 Å². The van der Waals surface area contributed by atoms with Gasteiger partial charge in [-0.15, -0.1) is 0 Å². The predicted octanol–water partition coefficient (Wildman–Crippen LogP) is 3.45. The zero-order valence-corrected chi connectivity index (χ0v) is 13.9. The Labute approximate surface area is 115 Å². The topological polar surface area (TPSA) is 20.2 Å². The van der Waals surface area contributed by atoms with Gasteiger partial charge in [-0.1, -0.05) is 34.6 Å². The van der Waals surface area contributed by atoms with Gasteiger partial charge < -0.3 is 20.0 Å². The SMILES string of the molecule is CO.Cc1c(C)c(C)[c-](C)c1C.[CH3-].[CH3-].[Zr+3]. The molecule has 1 aromatic carbocycles. The standard InChI is InChI=1S/C10H15.CH4O.2CH3.Zr/c1-6-7(2)9(4)10(5)8(6)3;1-2;;;/h1-5H3;2H,1H3;2*1H3;/q-1;;2*-1;+3. The number of hydrogen-bond acceptors (Lipinski definition) is 1. The van der Waals surface area contributed by atoms with Gasteiger partial charge in [-0.3, -0.25) is 0 Å². The molecule has 0 saturated carbocycles. The Morgan fingerprint density at radius 1 is 0.800 bits per heavy atom. The van der Waals surface area contributed by atoms with Gasteiger partial charge in [0.2, 0.25) is 0 Å². The van der Waals surface area contributed by atoms with Crippen molar-refractivity contribution in [3.05, 3.63) is 42.7 Å². The van der Waals surface area contributed by atoms with Crippen LogP contribution in [0.2, 0.25) is 0 Å². The Bertz CT molecular complexity index is 182. The maximum absolute atomic E-state index is 7.00. The second-order valence-electron chi connectivity index (χ2n) is 3.12. The monoisotopic (exact) mass is 287 g/mol. The summed E-state index contributed by atoms with van der Waals surface area (Å²) in [5.41, 5.74) is 7.34. The molecule has 1 nitrogen and oxygen atoms in total. The first-order chi connectivity index (χ1) is 5.55. The molecule has 1 N–H and O–H groups in total. The molecule has 15 heavy (non-hydrogen) atoms. The first-order valence-electron chi connectivity index (χ1n) is 4.20. The van der Waals surface area contributed by atoms with Crippen molar-refractivity contribution in [3.63, 3.8) is 0 Å². The summed E-state index contributed by atoms with van der Waals surface area (Å²) in [6.45, 7) is 11.0. The van der Waals surface area contributed by atoms with Crippen LogP contribution in [0.15, 0.2) is 0 Å². The predicted molar refractivity (Wildman–Crippen MR) is 66.7 cm³/mol. The fourth-order valence-corrected chi connectivity index (χ4v) is 1.41. The molecule has 0 heterocycles. The summed E-state index contributed by atoms with van der Waals surface area (Å²) >= 11 is 0. The largest absolute Gasteiger partial charge is 3.00 e. The van der Waals surface area contributed by atoms with E-state index in [1.165, 1.54) is 27.8 Å². The molecule has 0 aliphatic carbocycles. The maximum atomic E-state index is 7.00. The molecule has 0 fully saturated rings. The van der Waals surface area contributed by atoms with E-state index in [1.54, 1.807) is 0 Å². The van der Waals surface area contributed by atoms with Crippen molar-refractivity contribution in [1.82, 2.24) is 0 Å². The molecule has 1 aromatic rings. The first kappa shape index (κ1) is 24.4. The fraction of sp³-hybridized carbons (Fsp3) is 0.462. The van der Waals surface area contributed by atoms with Crippen LogP contribution in [0.5, 0.6) is 0 Å². The van der Waals surface area contributed by atoms with Crippen LogP contribution in [-0.2, 0) is 26.2 Å². The average molecular weight is 289 g/mol. The van der Waals surface area contributed by atoms with Crippen LogP contribution < -0.4 is 0 Å². The van der Waals surface area contributed by atoms with Crippen molar-refractivity contribution in [3.8, 4) is 0 Å². The molecule has 87 valence electrons. The van der Waals surface area contributed by atoms with E-state index in [9.17, 15) is 0 Å². The Morgan fingerprint density at radius 2 is 1.00 bits per heavy atom. The quantitative estimate of drug-likeness (QED) is 0.725. The van der Waals surface area contributed by atoms with Crippen LogP contribution >= 0.6 is 0 Å². The minimum Gasteiger partial charge on any atom is -0.400 e. The van der Waals surface area contributed by atoms with Crippen LogP contribution in [0.4, 0.5) is 0 Å². The third kappa shape index (κ3) is 5.17. The van der Waals surface area contributed by atoms with E-state index in [2.05, 4.69) is 34.6 Å². The van der Waals surface area contributed by atoms with E-state index < -0.39 is 0 Å². The Balaban J connectivity index is -0.000000114. The Kier molecular flexibility index (Phi) is 17.4. The summed E-state index contributed by atoms with van der Waals surface area (Å²) in [7, 11) is 1.00. The summed E-state index contributed by atoms with van der Waals surface area (Å²) in [4.78, 5) is 0. The molecular formula is C13H25OZr. The van der Waals surface area contributed by atoms with E-state index in [0.717, 1.165) is 7.11 Å². The molecule has 0 bridgehead atoms. The Morgan fingerprint density at radius 3 is 1.07 bits per heavy atom. The zero-order valence-electron chi connectivity index (χ0n) is 11.4. The molecule has 0 atom stereocenters. The van der Waals surface area contributed by atoms with E-state index in [1.807, 2.05) is 0 Å². The van der Waals surface area contributed by atoms with Crippen molar-refractivity contribution in [2.45, 2.75) is 34.6 Å². The van der Waals surface area contributed by atoms with E-state index in [4.69, 9.17) is 5.11 Å². The molecule has 0 aliphatic heterocycles. The van der Waals surface area contributed by atoms with Gasteiger partial charge in [0.05, 0.1) is 0 Å². The summed E-state index contributed by atoms with van der Waals surface area (Å²) in [5.74, 6) is 0. The number of rotatable bonds is 0. The number of aliphatic hydroxyl groups is 1. The molecule has 0 spiro atoms. The molecule has 2 heteroatoms. The van der Waals surface area contributed by atoms with Crippen molar-refractivity contribution in [2.75, 3.05) is 7.11 Å². The maximum Gasteiger partial charge on any atom is 3.00 e. The van der Waals surface area contributed by atoms with Gasteiger partial charge in [0, 0.05) is 7.11 Å². The second-order valence-corrected chi connectivity index (χ2v) is 3.12. The molecule has 0 unspecified atom stereocenters. The van der Waals surface area contributed by atoms with Crippen LogP contribution in [0, 0.1) is 49.5 Å². The number of hydrogen-bond donors (Lipinski definition) is 1. The Hall–Kier alpha value is 0.193. The molecule has 0 amide bonds. The number of aliphatic hydroxyl groups excluding tert-OH is 1. The molecule has 1 radical (unpaired) electrons. The zero-order chi connectivity index (χ0) is 9.89. The van der Waals surface area contributed by atoms with E-state index in [-0.39, 0.29) is 41.1 Å². The molecule has 0 aromatic heterocycles. The van der Waals surface area contributed by atoms with Crippen LogP contribution in [0.3, 0.4) is 0 Å². The van der Waals surface area contributed by atoms with Crippen LogP contribution in [0.1, 0.15) is 27.8 Å². The van der Waals surface area contributed by atoms with Gasteiger partial charge in [0.25, 0.3) is 0 Å². The van der Waals surface area contributed by atoms with E-state index in [0.29, 0.717) is 0 Å². The van der Waals surface area contributed by atoms with Gasteiger partial charge in [-0.05, 0) is 0 Å². The second kappa shape index (κ2) is 10.7. The van der Waals surface area contributed by atoms with Crippen LogP contribution in [0.25, 0.3) is 0 Å². The van der Waals surface area contributed by atoms with Crippen molar-refractivity contribution < 1.29 is 31.3 Å².